The van der Waals surface area contributed by atoms with E-state index in [-0.39, 0.29) is 30.3 Å². The lowest BCUT2D eigenvalue weighted by atomic mass is 9.85. The van der Waals surface area contributed by atoms with E-state index in [1.807, 2.05) is 13.8 Å². The normalized spacial score (nSPS) is 23.2. The summed E-state index contributed by atoms with van der Waals surface area (Å²) in [6, 6.07) is 0.130. The minimum Gasteiger partial charge on any atom is -0.354 e. The predicted octanol–water partition coefficient (Wildman–Crippen LogP) is 0.735. The molecule has 5 heteroatoms. The first-order chi connectivity index (χ1) is 8.90. The molecule has 19 heavy (non-hydrogen) atoms. The molecular formula is C14H27N3O2. The standard InChI is InChI=1S/C14H27N3O2/c1-10(2)8-16-13(18)9-17(3)14(19)11-5-4-6-12(15)7-11/h10-12H,4-9,15H2,1-3H3,(H,16,18). The molecule has 0 radical (unpaired) electrons. The lowest BCUT2D eigenvalue weighted by Crippen LogP contribution is -2.43. The molecule has 1 fully saturated rings. The van der Waals surface area contributed by atoms with Gasteiger partial charge in [0.05, 0.1) is 6.54 Å². The van der Waals surface area contributed by atoms with Crippen molar-refractivity contribution in [1.82, 2.24) is 10.2 Å². The largest absolute Gasteiger partial charge is 0.354 e. The lowest BCUT2D eigenvalue weighted by molar-refractivity contribution is -0.139. The second kappa shape index (κ2) is 7.48. The molecule has 0 aromatic rings. The summed E-state index contributed by atoms with van der Waals surface area (Å²) in [7, 11) is 1.69. The molecule has 0 saturated heterocycles. The number of nitrogens with zero attached hydrogens (tertiary/aromatic N) is 1. The maximum atomic E-state index is 12.2. The Labute approximate surface area is 115 Å². The maximum absolute atomic E-state index is 12.2. The Bertz CT molecular complexity index is 318. The SMILES string of the molecule is CC(C)CNC(=O)CN(C)C(=O)C1CCCC(N)C1. The molecule has 0 aromatic carbocycles. The highest BCUT2D eigenvalue weighted by atomic mass is 16.2. The highest BCUT2D eigenvalue weighted by Gasteiger charge is 2.28. The summed E-state index contributed by atoms with van der Waals surface area (Å²) in [4.78, 5) is 25.4. The van der Waals surface area contributed by atoms with E-state index < -0.39 is 0 Å². The number of carbonyl (C=O) groups excluding carboxylic acids is 2. The highest BCUT2D eigenvalue weighted by molar-refractivity contribution is 5.85. The van der Waals surface area contributed by atoms with E-state index in [1.54, 1.807) is 7.05 Å². The molecule has 0 aromatic heterocycles. The topological polar surface area (TPSA) is 75.4 Å². The molecule has 1 aliphatic rings. The number of nitrogens with one attached hydrogen (secondary N) is 1. The van der Waals surface area contributed by atoms with Crippen LogP contribution in [0.15, 0.2) is 0 Å². The van der Waals surface area contributed by atoms with E-state index in [4.69, 9.17) is 5.73 Å². The van der Waals surface area contributed by atoms with Crippen LogP contribution in [0.3, 0.4) is 0 Å². The van der Waals surface area contributed by atoms with E-state index in [0.29, 0.717) is 12.5 Å². The fourth-order valence-electron chi connectivity index (χ4n) is 2.43. The smallest absolute Gasteiger partial charge is 0.239 e. The summed E-state index contributed by atoms with van der Waals surface area (Å²) in [6.07, 6.45) is 3.65. The Kier molecular flexibility index (Phi) is 6.28. The molecule has 3 N–H and O–H groups in total. The second-order valence-electron chi connectivity index (χ2n) is 6.02. The van der Waals surface area contributed by atoms with Crippen molar-refractivity contribution < 1.29 is 9.59 Å². The zero-order chi connectivity index (χ0) is 14.4. The van der Waals surface area contributed by atoms with Gasteiger partial charge in [-0.2, -0.15) is 0 Å². The molecule has 5 nitrogen and oxygen atoms in total. The fraction of sp³-hybridized carbons (Fsp3) is 0.857. The molecule has 1 saturated carbocycles. The van der Waals surface area contributed by atoms with Crippen LogP contribution >= 0.6 is 0 Å². The first-order valence-corrected chi connectivity index (χ1v) is 7.17. The molecule has 0 spiro atoms. The Balaban J connectivity index is 2.37. The van der Waals surface area contributed by atoms with Crippen LogP contribution in [0.2, 0.25) is 0 Å². The van der Waals surface area contributed by atoms with Crippen LogP contribution in [0.4, 0.5) is 0 Å². The van der Waals surface area contributed by atoms with Crippen LogP contribution in [0.25, 0.3) is 0 Å². The molecular weight excluding hydrogens is 242 g/mol. The van der Waals surface area contributed by atoms with Gasteiger partial charge in [-0.05, 0) is 25.2 Å². The summed E-state index contributed by atoms with van der Waals surface area (Å²) in [6.45, 7) is 4.86. The number of hydrogen-bond acceptors (Lipinski definition) is 3. The zero-order valence-corrected chi connectivity index (χ0v) is 12.3. The summed E-state index contributed by atoms with van der Waals surface area (Å²) in [5.74, 6) is 0.368. The van der Waals surface area contributed by atoms with Crippen LogP contribution in [0.5, 0.6) is 0 Å². The van der Waals surface area contributed by atoms with Gasteiger partial charge in [0.25, 0.3) is 0 Å². The first-order valence-electron chi connectivity index (χ1n) is 7.17. The number of rotatable bonds is 5. The molecule has 1 rings (SSSR count). The van der Waals surface area contributed by atoms with Crippen molar-refractivity contribution in [3.05, 3.63) is 0 Å². The maximum Gasteiger partial charge on any atom is 0.239 e. The van der Waals surface area contributed by atoms with Crippen LogP contribution in [-0.2, 0) is 9.59 Å². The summed E-state index contributed by atoms with van der Waals surface area (Å²) in [5, 5.41) is 2.82. The summed E-state index contributed by atoms with van der Waals surface area (Å²) < 4.78 is 0. The number of nitrogens with two attached hydrogens (primary N) is 1. The number of amides is 2. The first kappa shape index (κ1) is 16.0. The molecule has 0 bridgehead atoms. The highest BCUT2D eigenvalue weighted by Crippen LogP contribution is 2.24. The van der Waals surface area contributed by atoms with Crippen molar-refractivity contribution in [2.45, 2.75) is 45.6 Å². The monoisotopic (exact) mass is 269 g/mol. The van der Waals surface area contributed by atoms with Crippen LogP contribution in [-0.4, -0.2) is 42.9 Å². The number of hydrogen-bond donors (Lipinski definition) is 2. The van der Waals surface area contributed by atoms with E-state index in [9.17, 15) is 9.59 Å². The zero-order valence-electron chi connectivity index (χ0n) is 12.3. The molecule has 2 amide bonds. The number of likely N-dealkylation sites (N-methyl/N-ethyl adjacent to an activating group) is 1. The van der Waals surface area contributed by atoms with Gasteiger partial charge in [0.2, 0.25) is 11.8 Å². The van der Waals surface area contributed by atoms with Crippen molar-refractivity contribution in [3.8, 4) is 0 Å². The third-order valence-corrected chi connectivity index (χ3v) is 3.53. The minimum absolute atomic E-state index is 0.00773. The van der Waals surface area contributed by atoms with Crippen LogP contribution in [0.1, 0.15) is 39.5 Å². The molecule has 0 heterocycles. The average Bonchev–Trinajstić information content (AvgIpc) is 2.35. The third kappa shape index (κ3) is 5.59. The second-order valence-corrected chi connectivity index (χ2v) is 6.02. The molecule has 0 aliphatic heterocycles. The van der Waals surface area contributed by atoms with Gasteiger partial charge in [-0.1, -0.05) is 20.3 Å². The Morgan fingerprint density at radius 2 is 2.05 bits per heavy atom. The molecule has 2 atom stereocenters. The third-order valence-electron chi connectivity index (χ3n) is 3.53. The molecule has 2 unspecified atom stereocenters. The van der Waals surface area contributed by atoms with Crippen molar-refractivity contribution in [2.75, 3.05) is 20.1 Å². The quantitative estimate of drug-likeness (QED) is 0.773. The van der Waals surface area contributed by atoms with Crippen LogP contribution < -0.4 is 11.1 Å². The van der Waals surface area contributed by atoms with Crippen LogP contribution in [0, 0.1) is 11.8 Å². The van der Waals surface area contributed by atoms with E-state index in [1.165, 1.54) is 4.90 Å². The van der Waals surface area contributed by atoms with Crippen molar-refractivity contribution in [3.63, 3.8) is 0 Å². The predicted molar refractivity (Wildman–Crippen MR) is 75.4 cm³/mol. The van der Waals surface area contributed by atoms with E-state index in [0.717, 1.165) is 25.7 Å². The van der Waals surface area contributed by atoms with Gasteiger partial charge >= 0.3 is 0 Å². The molecule has 1 aliphatic carbocycles. The van der Waals surface area contributed by atoms with Crippen molar-refractivity contribution in [2.24, 2.45) is 17.6 Å². The van der Waals surface area contributed by atoms with Gasteiger partial charge in [0.15, 0.2) is 0 Å². The number of carbonyl (C=O) groups is 2. The minimum atomic E-state index is -0.0929. The van der Waals surface area contributed by atoms with E-state index >= 15 is 0 Å². The molecule has 110 valence electrons. The Hall–Kier alpha value is -1.10. The van der Waals surface area contributed by atoms with E-state index in [2.05, 4.69) is 5.32 Å². The van der Waals surface area contributed by atoms with Gasteiger partial charge in [-0.3, -0.25) is 9.59 Å². The summed E-state index contributed by atoms with van der Waals surface area (Å²) in [5.41, 5.74) is 5.90. The average molecular weight is 269 g/mol. The van der Waals surface area contributed by atoms with Crippen molar-refractivity contribution >= 4 is 11.8 Å². The Morgan fingerprint density at radius 1 is 1.37 bits per heavy atom. The van der Waals surface area contributed by atoms with Gasteiger partial charge in [0.1, 0.15) is 0 Å². The summed E-state index contributed by atoms with van der Waals surface area (Å²) >= 11 is 0. The Morgan fingerprint density at radius 3 is 2.63 bits per heavy atom. The lowest BCUT2D eigenvalue weighted by Gasteiger charge is -2.29. The fourth-order valence-corrected chi connectivity index (χ4v) is 2.43. The van der Waals surface area contributed by atoms with Gasteiger partial charge in [-0.25, -0.2) is 0 Å². The van der Waals surface area contributed by atoms with Gasteiger partial charge in [-0.15, -0.1) is 0 Å². The van der Waals surface area contributed by atoms with Crippen molar-refractivity contribution in [1.29, 1.82) is 0 Å². The van der Waals surface area contributed by atoms with Gasteiger partial charge in [0, 0.05) is 25.6 Å². The van der Waals surface area contributed by atoms with Gasteiger partial charge < -0.3 is 16.0 Å².